The Morgan fingerprint density at radius 3 is 2.40 bits per heavy atom. The highest BCUT2D eigenvalue weighted by Gasteiger charge is 2.24. The van der Waals surface area contributed by atoms with Gasteiger partial charge in [-0.05, 0) is 18.2 Å². The van der Waals surface area contributed by atoms with Crippen LogP contribution in [0.15, 0.2) is 34.1 Å². The smallest absolute Gasteiger partial charge is 0.295 e. The van der Waals surface area contributed by atoms with Gasteiger partial charge in [0.2, 0.25) is 0 Å². The van der Waals surface area contributed by atoms with Gasteiger partial charge in [-0.1, -0.05) is 11.6 Å². The van der Waals surface area contributed by atoms with Gasteiger partial charge in [0.15, 0.2) is 0 Å². The van der Waals surface area contributed by atoms with Crippen molar-refractivity contribution in [3.63, 3.8) is 0 Å². The Balaban J connectivity index is 2.03. The first kappa shape index (κ1) is 17.2. The van der Waals surface area contributed by atoms with Crippen molar-refractivity contribution in [2.24, 2.45) is 21.1 Å². The van der Waals surface area contributed by atoms with Crippen LogP contribution in [0.1, 0.15) is 10.5 Å². The molecule has 1 amide bonds. The predicted molar refractivity (Wildman–Crippen MR) is 91.0 cm³/mol. The van der Waals surface area contributed by atoms with E-state index in [2.05, 4.69) is 5.10 Å². The van der Waals surface area contributed by atoms with Crippen LogP contribution in [-0.4, -0.2) is 33.2 Å². The fourth-order valence-corrected chi connectivity index (χ4v) is 3.77. The van der Waals surface area contributed by atoms with Crippen molar-refractivity contribution >= 4 is 38.6 Å². The summed E-state index contributed by atoms with van der Waals surface area (Å²) in [6.45, 7) is 0. The molecule has 0 fully saturated rings. The van der Waals surface area contributed by atoms with E-state index < -0.39 is 15.9 Å². The molecule has 1 aromatic carbocycles. The van der Waals surface area contributed by atoms with Gasteiger partial charge in [-0.3, -0.25) is 18.6 Å². The summed E-state index contributed by atoms with van der Waals surface area (Å²) in [6.07, 6.45) is 1.24. The summed E-state index contributed by atoms with van der Waals surface area (Å²) >= 11 is 5.85. The van der Waals surface area contributed by atoms with Gasteiger partial charge in [0.05, 0.1) is 27.1 Å². The van der Waals surface area contributed by atoms with Gasteiger partial charge < -0.3 is 0 Å². The molecule has 0 saturated heterocycles. The maximum Gasteiger partial charge on any atom is 0.328 e. The van der Waals surface area contributed by atoms with Crippen LogP contribution in [0.3, 0.4) is 0 Å². The number of hydrogen-bond donors (Lipinski definition) is 1. The molecule has 0 bridgehead atoms. The third-order valence-electron chi connectivity index (χ3n) is 3.89. The number of hydrogen-bond acceptors (Lipinski definition) is 5. The number of halogens is 1. The first-order chi connectivity index (χ1) is 11.6. The normalized spacial score (nSPS) is 11.8. The molecule has 132 valence electrons. The number of sulfonamides is 1. The Morgan fingerprint density at radius 1 is 1.16 bits per heavy atom. The molecule has 1 N–H and O–H groups in total. The van der Waals surface area contributed by atoms with Crippen LogP contribution >= 0.6 is 11.6 Å². The van der Waals surface area contributed by atoms with Crippen LogP contribution in [0.25, 0.3) is 11.0 Å². The molecule has 0 spiro atoms. The number of aromatic nitrogens is 4. The second-order valence-electron chi connectivity index (χ2n) is 5.45. The minimum absolute atomic E-state index is 0.0381. The number of aryl methyl sites for hydroxylation is 3. The second kappa shape index (κ2) is 5.74. The lowest BCUT2D eigenvalue weighted by molar-refractivity contribution is 0.0972. The fraction of sp³-hybridized carbons (Fsp3) is 0.214. The largest absolute Gasteiger partial charge is 0.328 e. The minimum atomic E-state index is -4.15. The van der Waals surface area contributed by atoms with Crippen molar-refractivity contribution in [3.05, 3.63) is 45.6 Å². The monoisotopic (exact) mass is 383 g/mol. The minimum Gasteiger partial charge on any atom is -0.295 e. The molecule has 0 aliphatic carbocycles. The van der Waals surface area contributed by atoms with Gasteiger partial charge in [0, 0.05) is 21.1 Å². The van der Waals surface area contributed by atoms with E-state index in [-0.39, 0.29) is 21.3 Å². The van der Waals surface area contributed by atoms with E-state index in [1.54, 1.807) is 7.05 Å². The van der Waals surface area contributed by atoms with E-state index in [4.69, 9.17) is 11.6 Å². The summed E-state index contributed by atoms with van der Waals surface area (Å²) in [5, 5.41) is 3.83. The van der Waals surface area contributed by atoms with Crippen LogP contribution < -0.4 is 10.4 Å². The average molecular weight is 384 g/mol. The van der Waals surface area contributed by atoms with Crippen molar-refractivity contribution in [3.8, 4) is 0 Å². The Kier molecular flexibility index (Phi) is 3.96. The van der Waals surface area contributed by atoms with Crippen molar-refractivity contribution in [1.29, 1.82) is 0 Å². The Bertz CT molecular complexity index is 1150. The third-order valence-corrected chi connectivity index (χ3v) is 5.50. The number of amides is 1. The van der Waals surface area contributed by atoms with Gasteiger partial charge >= 0.3 is 5.69 Å². The Hall–Kier alpha value is -2.59. The molecule has 9 nitrogen and oxygen atoms in total. The molecule has 0 aliphatic rings. The zero-order valence-electron chi connectivity index (χ0n) is 13.5. The third kappa shape index (κ3) is 2.72. The molecule has 11 heteroatoms. The molecule has 3 rings (SSSR count). The van der Waals surface area contributed by atoms with E-state index in [0.29, 0.717) is 11.0 Å². The first-order valence-electron chi connectivity index (χ1n) is 7.03. The number of nitrogens with one attached hydrogen (secondary N) is 1. The second-order valence-corrected chi connectivity index (χ2v) is 7.54. The molecule has 0 atom stereocenters. The molecule has 3 aromatic rings. The maximum atomic E-state index is 12.5. The van der Waals surface area contributed by atoms with Gasteiger partial charge in [0.25, 0.3) is 15.9 Å². The van der Waals surface area contributed by atoms with Crippen molar-refractivity contribution in [2.45, 2.75) is 4.90 Å². The lowest BCUT2D eigenvalue weighted by Gasteiger charge is -2.08. The molecular weight excluding hydrogens is 370 g/mol. The van der Waals surface area contributed by atoms with E-state index in [9.17, 15) is 18.0 Å². The van der Waals surface area contributed by atoms with Crippen LogP contribution in [0.2, 0.25) is 5.02 Å². The molecule has 25 heavy (non-hydrogen) atoms. The number of imidazole rings is 1. The van der Waals surface area contributed by atoms with Gasteiger partial charge in [-0.15, -0.1) is 0 Å². The van der Waals surface area contributed by atoms with E-state index in [0.717, 1.165) is 0 Å². The van der Waals surface area contributed by atoms with E-state index in [1.807, 2.05) is 4.72 Å². The number of nitrogens with zero attached hydrogens (tertiary/aromatic N) is 4. The zero-order valence-corrected chi connectivity index (χ0v) is 15.1. The number of fused-ring (bicyclic) bond motifs is 1. The highest BCUT2D eigenvalue weighted by molar-refractivity contribution is 7.90. The van der Waals surface area contributed by atoms with E-state index >= 15 is 0 Å². The Labute approximate surface area is 147 Å². The summed E-state index contributed by atoms with van der Waals surface area (Å²) < 4.78 is 30.9. The van der Waals surface area contributed by atoms with Crippen molar-refractivity contribution < 1.29 is 13.2 Å². The molecule has 0 radical (unpaired) electrons. The molecular formula is C14H14ClN5O4S. The fourth-order valence-electron chi connectivity index (χ4n) is 2.55. The zero-order chi connectivity index (χ0) is 18.5. The lowest BCUT2D eigenvalue weighted by Crippen LogP contribution is -2.32. The number of carbonyl (C=O) groups is 1. The molecule has 2 heterocycles. The molecule has 0 saturated carbocycles. The summed E-state index contributed by atoms with van der Waals surface area (Å²) in [7, 11) is 0.442. The maximum absolute atomic E-state index is 12.5. The number of carbonyl (C=O) groups excluding carboxylic acids is 1. The van der Waals surface area contributed by atoms with Gasteiger partial charge in [0.1, 0.15) is 5.69 Å². The highest BCUT2D eigenvalue weighted by Crippen LogP contribution is 2.19. The molecule has 2 aromatic heterocycles. The van der Waals surface area contributed by atoms with Gasteiger partial charge in [-0.25, -0.2) is 17.9 Å². The SMILES string of the molecule is Cn1ncc(Cl)c1C(=O)NS(=O)(=O)c1ccc2c(c1)n(C)c(=O)n2C. The summed E-state index contributed by atoms with van der Waals surface area (Å²) in [6, 6.07) is 4.16. The lowest BCUT2D eigenvalue weighted by atomic mass is 10.3. The average Bonchev–Trinajstić information content (AvgIpc) is 2.99. The number of benzene rings is 1. The van der Waals surface area contributed by atoms with Crippen LogP contribution in [0.4, 0.5) is 0 Å². The van der Waals surface area contributed by atoms with Crippen molar-refractivity contribution in [2.75, 3.05) is 0 Å². The summed E-state index contributed by atoms with van der Waals surface area (Å²) in [4.78, 5) is 24.0. The first-order valence-corrected chi connectivity index (χ1v) is 8.89. The van der Waals surface area contributed by atoms with Crippen molar-refractivity contribution in [1.82, 2.24) is 23.6 Å². The molecule has 0 unspecified atom stereocenters. The molecule has 0 aliphatic heterocycles. The number of rotatable bonds is 3. The summed E-state index contributed by atoms with van der Waals surface area (Å²) in [5.74, 6) is -0.896. The van der Waals surface area contributed by atoms with Crippen LogP contribution in [-0.2, 0) is 31.2 Å². The van der Waals surface area contributed by atoms with Crippen LogP contribution in [0, 0.1) is 0 Å². The Morgan fingerprint density at radius 2 is 1.80 bits per heavy atom. The highest BCUT2D eigenvalue weighted by atomic mass is 35.5. The van der Waals surface area contributed by atoms with E-state index in [1.165, 1.54) is 52.3 Å². The van der Waals surface area contributed by atoms with Gasteiger partial charge in [-0.2, -0.15) is 5.10 Å². The topological polar surface area (TPSA) is 108 Å². The quantitative estimate of drug-likeness (QED) is 0.703. The predicted octanol–water partition coefficient (Wildman–Crippen LogP) is 0.383. The summed E-state index contributed by atoms with van der Waals surface area (Å²) in [5.41, 5.74) is 0.655. The van der Waals surface area contributed by atoms with Crippen LogP contribution in [0.5, 0.6) is 0 Å². The standard InChI is InChI=1S/C14H14ClN5O4S/c1-18-10-5-4-8(6-11(10)19(2)14(18)22)25(23,24)17-13(21)12-9(15)7-16-20(12)3/h4-7H,1-3H3,(H,17,21).